The standard InChI is InChI=1S/C10H7Cl2FN2S/c1-4-3-6(5(2)16-4)10-14-8(11)7(13)9(12)15-10/h3H,1-2H3. The Balaban J connectivity index is 2.61. The van der Waals surface area contributed by atoms with Crippen molar-refractivity contribution in [2.24, 2.45) is 0 Å². The molecule has 16 heavy (non-hydrogen) atoms. The van der Waals surface area contributed by atoms with Crippen molar-refractivity contribution >= 4 is 34.5 Å². The van der Waals surface area contributed by atoms with Gasteiger partial charge in [0.1, 0.15) is 0 Å². The first-order valence-electron chi connectivity index (χ1n) is 4.45. The molecule has 2 heterocycles. The first-order valence-corrected chi connectivity index (χ1v) is 6.02. The highest BCUT2D eigenvalue weighted by molar-refractivity contribution is 7.12. The Bertz CT molecular complexity index is 531. The minimum Gasteiger partial charge on any atom is -0.213 e. The van der Waals surface area contributed by atoms with Gasteiger partial charge in [-0.3, -0.25) is 0 Å². The minimum atomic E-state index is -0.781. The molecule has 2 aromatic rings. The summed E-state index contributed by atoms with van der Waals surface area (Å²) in [4.78, 5) is 9.94. The number of hydrogen-bond donors (Lipinski definition) is 0. The van der Waals surface area contributed by atoms with E-state index in [0.29, 0.717) is 5.82 Å². The zero-order valence-electron chi connectivity index (χ0n) is 8.51. The molecule has 0 bridgehead atoms. The lowest BCUT2D eigenvalue weighted by Crippen LogP contribution is -1.94. The van der Waals surface area contributed by atoms with E-state index in [9.17, 15) is 4.39 Å². The molecule has 0 aromatic carbocycles. The molecule has 6 heteroatoms. The third kappa shape index (κ3) is 2.05. The molecule has 2 rings (SSSR count). The lowest BCUT2D eigenvalue weighted by molar-refractivity contribution is 0.615. The van der Waals surface area contributed by atoms with Crippen LogP contribution < -0.4 is 0 Å². The predicted molar refractivity (Wildman–Crippen MR) is 64.8 cm³/mol. The fraction of sp³-hybridized carbons (Fsp3) is 0.200. The molecule has 0 amide bonds. The second-order valence-electron chi connectivity index (χ2n) is 3.27. The second kappa shape index (κ2) is 4.28. The molecule has 0 N–H and O–H groups in total. The van der Waals surface area contributed by atoms with Gasteiger partial charge in [0.25, 0.3) is 0 Å². The summed E-state index contributed by atoms with van der Waals surface area (Å²) >= 11 is 12.9. The van der Waals surface area contributed by atoms with Crippen molar-refractivity contribution in [2.75, 3.05) is 0 Å². The topological polar surface area (TPSA) is 25.8 Å². The molecule has 2 nitrogen and oxygen atoms in total. The SMILES string of the molecule is Cc1cc(-c2nc(Cl)c(F)c(Cl)n2)c(C)s1. The van der Waals surface area contributed by atoms with Crippen molar-refractivity contribution in [2.45, 2.75) is 13.8 Å². The highest BCUT2D eigenvalue weighted by atomic mass is 35.5. The Kier molecular flexibility index (Phi) is 3.15. The molecule has 0 radical (unpaired) electrons. The van der Waals surface area contributed by atoms with Crippen molar-refractivity contribution < 1.29 is 4.39 Å². The largest absolute Gasteiger partial charge is 0.213 e. The zero-order chi connectivity index (χ0) is 11.9. The predicted octanol–water partition coefficient (Wildman–Crippen LogP) is 4.27. The van der Waals surface area contributed by atoms with Crippen molar-refractivity contribution in [3.05, 3.63) is 31.9 Å². The van der Waals surface area contributed by atoms with E-state index in [1.54, 1.807) is 11.3 Å². The van der Waals surface area contributed by atoms with E-state index in [-0.39, 0.29) is 10.3 Å². The van der Waals surface area contributed by atoms with Gasteiger partial charge in [0.2, 0.25) is 0 Å². The van der Waals surface area contributed by atoms with Crippen LogP contribution in [0.2, 0.25) is 10.3 Å². The van der Waals surface area contributed by atoms with Gasteiger partial charge >= 0.3 is 0 Å². The second-order valence-corrected chi connectivity index (χ2v) is 5.45. The van der Waals surface area contributed by atoms with Gasteiger partial charge in [-0.2, -0.15) is 0 Å². The van der Waals surface area contributed by atoms with E-state index in [0.717, 1.165) is 15.3 Å². The third-order valence-corrected chi connectivity index (χ3v) is 3.52. The molecule has 0 aliphatic carbocycles. The Morgan fingerprint density at radius 1 is 1.19 bits per heavy atom. The number of aryl methyl sites for hydroxylation is 2. The summed E-state index contributed by atoms with van der Waals surface area (Å²) in [5, 5.41) is -0.503. The summed E-state index contributed by atoms with van der Waals surface area (Å²) in [6, 6.07) is 1.93. The summed E-state index contributed by atoms with van der Waals surface area (Å²) < 4.78 is 13.1. The number of halogens is 3. The molecular formula is C10H7Cl2FN2S. The molecule has 0 unspecified atom stereocenters. The molecule has 0 saturated heterocycles. The molecule has 0 aliphatic rings. The van der Waals surface area contributed by atoms with E-state index in [2.05, 4.69) is 9.97 Å². The molecule has 0 fully saturated rings. The maximum Gasteiger partial charge on any atom is 0.197 e. The Morgan fingerprint density at radius 3 is 2.19 bits per heavy atom. The van der Waals surface area contributed by atoms with Crippen molar-refractivity contribution in [1.29, 1.82) is 0 Å². The summed E-state index contributed by atoms with van der Waals surface area (Å²) in [6.45, 7) is 3.93. The normalized spacial score (nSPS) is 10.8. The average Bonchev–Trinajstić information content (AvgIpc) is 2.53. The average molecular weight is 277 g/mol. The summed E-state index contributed by atoms with van der Waals surface area (Å²) in [5.41, 5.74) is 0.839. The van der Waals surface area contributed by atoms with Gasteiger partial charge in [0, 0.05) is 15.3 Å². The summed E-state index contributed by atoms with van der Waals surface area (Å²) in [7, 11) is 0. The van der Waals surface area contributed by atoms with Gasteiger partial charge in [-0.1, -0.05) is 23.2 Å². The van der Waals surface area contributed by atoms with Gasteiger partial charge in [0.05, 0.1) is 0 Å². The van der Waals surface area contributed by atoms with E-state index >= 15 is 0 Å². The maximum atomic E-state index is 13.1. The van der Waals surface area contributed by atoms with Crippen LogP contribution in [-0.4, -0.2) is 9.97 Å². The van der Waals surface area contributed by atoms with Crippen LogP contribution in [0.4, 0.5) is 4.39 Å². The van der Waals surface area contributed by atoms with E-state index in [4.69, 9.17) is 23.2 Å². The van der Waals surface area contributed by atoms with Crippen molar-refractivity contribution in [3.8, 4) is 11.4 Å². The van der Waals surface area contributed by atoms with Gasteiger partial charge in [-0.15, -0.1) is 11.3 Å². The van der Waals surface area contributed by atoms with Gasteiger partial charge in [-0.05, 0) is 19.9 Å². The molecule has 84 valence electrons. The van der Waals surface area contributed by atoms with Crippen LogP contribution in [0.15, 0.2) is 6.07 Å². The first-order chi connectivity index (χ1) is 7.49. The molecule has 0 saturated carbocycles. The van der Waals surface area contributed by atoms with Gasteiger partial charge < -0.3 is 0 Å². The molecule has 0 atom stereocenters. The first kappa shape index (κ1) is 11.8. The number of rotatable bonds is 1. The number of nitrogens with zero attached hydrogens (tertiary/aromatic N) is 2. The molecule has 0 aliphatic heterocycles. The van der Waals surface area contributed by atoms with Crippen LogP contribution in [-0.2, 0) is 0 Å². The van der Waals surface area contributed by atoms with Gasteiger partial charge in [-0.25, -0.2) is 14.4 Å². The van der Waals surface area contributed by atoms with Crippen LogP contribution in [0.3, 0.4) is 0 Å². The third-order valence-electron chi connectivity index (χ3n) is 2.05. The minimum absolute atomic E-state index is 0.252. The van der Waals surface area contributed by atoms with Crippen LogP contribution in [0.25, 0.3) is 11.4 Å². The fourth-order valence-electron chi connectivity index (χ4n) is 1.37. The van der Waals surface area contributed by atoms with E-state index in [1.807, 2.05) is 19.9 Å². The number of hydrogen-bond acceptors (Lipinski definition) is 3. The fourth-order valence-corrected chi connectivity index (χ4v) is 2.67. The van der Waals surface area contributed by atoms with Gasteiger partial charge in [0.15, 0.2) is 21.9 Å². The van der Waals surface area contributed by atoms with Crippen LogP contribution in [0.5, 0.6) is 0 Å². The summed E-state index contributed by atoms with van der Waals surface area (Å²) in [6.07, 6.45) is 0. The Hall–Kier alpha value is -0.710. The smallest absolute Gasteiger partial charge is 0.197 e. The maximum absolute atomic E-state index is 13.1. The molecular weight excluding hydrogens is 270 g/mol. The molecule has 0 spiro atoms. The van der Waals surface area contributed by atoms with Crippen LogP contribution in [0, 0.1) is 19.7 Å². The van der Waals surface area contributed by atoms with E-state index in [1.165, 1.54) is 0 Å². The van der Waals surface area contributed by atoms with Crippen LogP contribution >= 0.6 is 34.5 Å². The summed E-state index contributed by atoms with van der Waals surface area (Å²) in [5.74, 6) is -0.421. The quantitative estimate of drug-likeness (QED) is 0.727. The molecule has 2 aromatic heterocycles. The van der Waals surface area contributed by atoms with Crippen molar-refractivity contribution in [1.82, 2.24) is 9.97 Å². The van der Waals surface area contributed by atoms with E-state index < -0.39 is 5.82 Å². The van der Waals surface area contributed by atoms with Crippen LogP contribution in [0.1, 0.15) is 9.75 Å². The Morgan fingerprint density at radius 2 is 1.75 bits per heavy atom. The highest BCUT2D eigenvalue weighted by Gasteiger charge is 2.14. The lowest BCUT2D eigenvalue weighted by atomic mass is 10.2. The van der Waals surface area contributed by atoms with Crippen molar-refractivity contribution in [3.63, 3.8) is 0 Å². The monoisotopic (exact) mass is 276 g/mol. The number of thiophene rings is 1. The Labute approximate surface area is 106 Å². The number of aromatic nitrogens is 2. The highest BCUT2D eigenvalue weighted by Crippen LogP contribution is 2.30. The lowest BCUT2D eigenvalue weighted by Gasteiger charge is -2.01. The zero-order valence-corrected chi connectivity index (χ0v) is 10.8.